The van der Waals surface area contributed by atoms with E-state index in [4.69, 9.17) is 5.73 Å². The number of likely N-dealkylation sites (tertiary alicyclic amines) is 1. The van der Waals surface area contributed by atoms with Crippen molar-refractivity contribution in [3.63, 3.8) is 0 Å². The van der Waals surface area contributed by atoms with Gasteiger partial charge in [0.05, 0.1) is 0 Å². The number of rotatable bonds is 5. The predicted molar refractivity (Wildman–Crippen MR) is 53.2 cm³/mol. The lowest BCUT2D eigenvalue weighted by molar-refractivity contribution is 0.318. The average molecular weight is 170 g/mol. The molecule has 0 aliphatic carbocycles. The Hall–Kier alpha value is -0.0800. The summed E-state index contributed by atoms with van der Waals surface area (Å²) in [6.45, 7) is 6.04. The molecule has 0 radical (unpaired) electrons. The van der Waals surface area contributed by atoms with Gasteiger partial charge < -0.3 is 10.6 Å². The first-order valence-corrected chi connectivity index (χ1v) is 5.31. The second kappa shape index (κ2) is 5.55. The molecular weight excluding hydrogens is 148 g/mol. The zero-order chi connectivity index (χ0) is 8.81. The second-order valence-electron chi connectivity index (χ2n) is 3.89. The SMILES string of the molecule is CCCC(N)CCN1CCCC1. The second-order valence-corrected chi connectivity index (χ2v) is 3.89. The van der Waals surface area contributed by atoms with Crippen molar-refractivity contribution < 1.29 is 0 Å². The van der Waals surface area contributed by atoms with E-state index in [1.165, 1.54) is 51.7 Å². The standard InChI is InChI=1S/C10H22N2/c1-2-5-10(11)6-9-12-7-3-4-8-12/h10H,2-9,11H2,1H3. The molecule has 1 fully saturated rings. The third-order valence-corrected chi connectivity index (χ3v) is 2.67. The van der Waals surface area contributed by atoms with Crippen LogP contribution in [0, 0.1) is 0 Å². The van der Waals surface area contributed by atoms with Crippen LogP contribution in [0.2, 0.25) is 0 Å². The fraction of sp³-hybridized carbons (Fsp3) is 1.00. The fourth-order valence-corrected chi connectivity index (χ4v) is 1.87. The minimum atomic E-state index is 0.440. The first-order valence-electron chi connectivity index (χ1n) is 5.31. The van der Waals surface area contributed by atoms with Gasteiger partial charge >= 0.3 is 0 Å². The Morgan fingerprint density at radius 1 is 1.25 bits per heavy atom. The van der Waals surface area contributed by atoms with Crippen molar-refractivity contribution in [2.24, 2.45) is 5.73 Å². The van der Waals surface area contributed by atoms with Crippen LogP contribution in [0.5, 0.6) is 0 Å². The van der Waals surface area contributed by atoms with Crippen LogP contribution in [0.1, 0.15) is 39.0 Å². The van der Waals surface area contributed by atoms with Crippen molar-refractivity contribution >= 4 is 0 Å². The molecular formula is C10H22N2. The third-order valence-electron chi connectivity index (χ3n) is 2.67. The molecule has 0 amide bonds. The minimum Gasteiger partial charge on any atom is -0.328 e. The molecule has 0 aromatic rings. The van der Waals surface area contributed by atoms with Gasteiger partial charge in [-0.25, -0.2) is 0 Å². The van der Waals surface area contributed by atoms with Gasteiger partial charge in [-0.05, 0) is 45.3 Å². The van der Waals surface area contributed by atoms with Gasteiger partial charge in [0.2, 0.25) is 0 Å². The smallest absolute Gasteiger partial charge is 0.00509 e. The molecule has 12 heavy (non-hydrogen) atoms. The monoisotopic (exact) mass is 170 g/mol. The summed E-state index contributed by atoms with van der Waals surface area (Å²) in [5.74, 6) is 0. The number of nitrogens with two attached hydrogens (primary N) is 1. The quantitative estimate of drug-likeness (QED) is 0.679. The minimum absolute atomic E-state index is 0.440. The molecule has 1 unspecified atom stereocenters. The summed E-state index contributed by atoms with van der Waals surface area (Å²) in [6, 6.07) is 0.440. The van der Waals surface area contributed by atoms with Gasteiger partial charge in [-0.2, -0.15) is 0 Å². The molecule has 1 aliphatic heterocycles. The first-order chi connectivity index (χ1) is 5.83. The largest absolute Gasteiger partial charge is 0.328 e. The van der Waals surface area contributed by atoms with Crippen molar-refractivity contribution in [3.05, 3.63) is 0 Å². The average Bonchev–Trinajstić information content (AvgIpc) is 2.53. The van der Waals surface area contributed by atoms with Gasteiger partial charge in [-0.3, -0.25) is 0 Å². The molecule has 0 spiro atoms. The Bertz CT molecular complexity index is 108. The topological polar surface area (TPSA) is 29.3 Å². The predicted octanol–water partition coefficient (Wildman–Crippen LogP) is 1.60. The van der Waals surface area contributed by atoms with Crippen LogP contribution in [0.4, 0.5) is 0 Å². The van der Waals surface area contributed by atoms with Gasteiger partial charge in [-0.1, -0.05) is 13.3 Å². The van der Waals surface area contributed by atoms with Crippen molar-refractivity contribution in [2.75, 3.05) is 19.6 Å². The van der Waals surface area contributed by atoms with Crippen LogP contribution in [0.25, 0.3) is 0 Å². The van der Waals surface area contributed by atoms with E-state index in [-0.39, 0.29) is 0 Å². The maximum Gasteiger partial charge on any atom is 0.00509 e. The van der Waals surface area contributed by atoms with E-state index in [2.05, 4.69) is 11.8 Å². The van der Waals surface area contributed by atoms with Crippen molar-refractivity contribution in [1.29, 1.82) is 0 Å². The van der Waals surface area contributed by atoms with Crippen LogP contribution in [0.15, 0.2) is 0 Å². The molecule has 2 nitrogen and oxygen atoms in total. The van der Waals surface area contributed by atoms with Crippen LogP contribution in [-0.4, -0.2) is 30.6 Å². The highest BCUT2D eigenvalue weighted by Crippen LogP contribution is 2.09. The van der Waals surface area contributed by atoms with Gasteiger partial charge in [0, 0.05) is 6.04 Å². The van der Waals surface area contributed by atoms with E-state index in [9.17, 15) is 0 Å². The Morgan fingerprint density at radius 3 is 2.50 bits per heavy atom. The maximum absolute atomic E-state index is 5.94. The van der Waals surface area contributed by atoms with Crippen LogP contribution < -0.4 is 5.73 Å². The molecule has 1 heterocycles. The van der Waals surface area contributed by atoms with Gasteiger partial charge in [0.1, 0.15) is 0 Å². The zero-order valence-corrected chi connectivity index (χ0v) is 8.26. The van der Waals surface area contributed by atoms with Gasteiger partial charge in [-0.15, -0.1) is 0 Å². The number of hydrogen-bond donors (Lipinski definition) is 1. The molecule has 0 bridgehead atoms. The third kappa shape index (κ3) is 3.55. The van der Waals surface area contributed by atoms with Gasteiger partial charge in [0.15, 0.2) is 0 Å². The summed E-state index contributed by atoms with van der Waals surface area (Å²) in [5.41, 5.74) is 5.94. The Balaban J connectivity index is 1.99. The van der Waals surface area contributed by atoms with E-state index in [0.717, 1.165) is 0 Å². The maximum atomic E-state index is 5.94. The molecule has 0 aromatic heterocycles. The molecule has 2 heteroatoms. The lowest BCUT2D eigenvalue weighted by atomic mass is 10.1. The molecule has 1 aliphatic rings. The fourth-order valence-electron chi connectivity index (χ4n) is 1.87. The summed E-state index contributed by atoms with van der Waals surface area (Å²) in [5, 5.41) is 0. The van der Waals surface area contributed by atoms with E-state index in [1.807, 2.05) is 0 Å². The Morgan fingerprint density at radius 2 is 1.92 bits per heavy atom. The summed E-state index contributed by atoms with van der Waals surface area (Å²) in [4.78, 5) is 2.54. The summed E-state index contributed by atoms with van der Waals surface area (Å²) >= 11 is 0. The summed E-state index contributed by atoms with van der Waals surface area (Å²) in [6.07, 6.45) is 6.38. The molecule has 0 aromatic carbocycles. The van der Waals surface area contributed by atoms with E-state index >= 15 is 0 Å². The molecule has 1 atom stereocenters. The molecule has 72 valence electrons. The van der Waals surface area contributed by atoms with Crippen molar-refractivity contribution in [2.45, 2.75) is 45.1 Å². The Kier molecular flexibility index (Phi) is 4.62. The highest BCUT2D eigenvalue weighted by molar-refractivity contribution is 4.69. The Labute approximate surface area is 76.1 Å². The van der Waals surface area contributed by atoms with Crippen LogP contribution in [-0.2, 0) is 0 Å². The zero-order valence-electron chi connectivity index (χ0n) is 8.26. The van der Waals surface area contributed by atoms with Crippen molar-refractivity contribution in [3.8, 4) is 0 Å². The van der Waals surface area contributed by atoms with E-state index in [0.29, 0.717) is 6.04 Å². The number of hydrogen-bond acceptors (Lipinski definition) is 2. The molecule has 1 rings (SSSR count). The first kappa shape index (κ1) is 10.0. The van der Waals surface area contributed by atoms with Crippen molar-refractivity contribution in [1.82, 2.24) is 4.90 Å². The highest BCUT2D eigenvalue weighted by atomic mass is 15.1. The van der Waals surface area contributed by atoms with E-state index < -0.39 is 0 Å². The summed E-state index contributed by atoms with van der Waals surface area (Å²) < 4.78 is 0. The molecule has 0 saturated carbocycles. The highest BCUT2D eigenvalue weighted by Gasteiger charge is 2.11. The van der Waals surface area contributed by atoms with Crippen LogP contribution >= 0.6 is 0 Å². The normalized spacial score (nSPS) is 21.5. The van der Waals surface area contributed by atoms with Gasteiger partial charge in [0.25, 0.3) is 0 Å². The lowest BCUT2D eigenvalue weighted by Gasteiger charge is -2.17. The summed E-state index contributed by atoms with van der Waals surface area (Å²) in [7, 11) is 0. The lowest BCUT2D eigenvalue weighted by Crippen LogP contribution is -2.28. The number of nitrogens with zero attached hydrogens (tertiary/aromatic N) is 1. The molecule has 2 N–H and O–H groups in total. The van der Waals surface area contributed by atoms with E-state index in [1.54, 1.807) is 0 Å². The molecule has 1 saturated heterocycles. The van der Waals surface area contributed by atoms with Crippen LogP contribution in [0.3, 0.4) is 0 Å².